The Morgan fingerprint density at radius 3 is 2.69 bits per heavy atom. The van der Waals surface area contributed by atoms with Crippen molar-refractivity contribution in [3.8, 4) is 5.69 Å². The molecule has 5 heteroatoms. The Morgan fingerprint density at radius 1 is 1.38 bits per heavy atom. The van der Waals surface area contributed by atoms with Crippen molar-refractivity contribution in [2.45, 2.75) is 26.7 Å². The summed E-state index contributed by atoms with van der Waals surface area (Å²) >= 11 is 5.22. The third-order valence-corrected chi connectivity index (χ3v) is 2.64. The lowest BCUT2D eigenvalue weighted by molar-refractivity contribution is 0.743. The fourth-order valence-electron chi connectivity index (χ4n) is 1.54. The predicted molar refractivity (Wildman–Crippen MR) is 65.4 cm³/mol. The summed E-state index contributed by atoms with van der Waals surface area (Å²) in [6.07, 6.45) is 1.81. The van der Waals surface area contributed by atoms with Gasteiger partial charge in [-0.1, -0.05) is 13.8 Å². The molecule has 0 spiro atoms. The third-order valence-electron chi connectivity index (χ3n) is 2.37. The van der Waals surface area contributed by atoms with Crippen LogP contribution in [0.15, 0.2) is 18.3 Å². The van der Waals surface area contributed by atoms with Gasteiger partial charge >= 0.3 is 0 Å². The molecule has 0 fully saturated rings. The summed E-state index contributed by atoms with van der Waals surface area (Å²) in [5, 5.41) is 7.05. The number of hydrogen-bond donors (Lipinski definition) is 1. The van der Waals surface area contributed by atoms with Gasteiger partial charge in [-0.15, -0.1) is 0 Å². The minimum Gasteiger partial charge on any atom is -0.270 e. The highest BCUT2D eigenvalue weighted by Crippen LogP contribution is 2.17. The van der Waals surface area contributed by atoms with Crippen molar-refractivity contribution < 1.29 is 0 Å². The first-order chi connectivity index (χ1) is 7.59. The molecule has 0 radical (unpaired) electrons. The lowest BCUT2D eigenvalue weighted by atomic mass is 10.2. The van der Waals surface area contributed by atoms with E-state index in [-0.39, 0.29) is 0 Å². The van der Waals surface area contributed by atoms with Crippen molar-refractivity contribution in [2.75, 3.05) is 0 Å². The van der Waals surface area contributed by atoms with Crippen LogP contribution in [0.3, 0.4) is 0 Å². The maximum atomic E-state index is 5.22. The summed E-state index contributed by atoms with van der Waals surface area (Å²) in [5.41, 5.74) is 1.94. The normalized spacial score (nSPS) is 11.0. The van der Waals surface area contributed by atoms with Crippen LogP contribution in [0.4, 0.5) is 0 Å². The molecule has 0 aliphatic rings. The topological polar surface area (TPSA) is 46.5 Å². The summed E-state index contributed by atoms with van der Waals surface area (Å²) < 4.78 is 2.53. The quantitative estimate of drug-likeness (QED) is 0.813. The highest BCUT2D eigenvalue weighted by atomic mass is 32.1. The van der Waals surface area contributed by atoms with Crippen LogP contribution in [0.5, 0.6) is 0 Å². The molecule has 0 atom stereocenters. The number of aromatic amines is 1. The van der Waals surface area contributed by atoms with Crippen LogP contribution in [0, 0.1) is 11.7 Å². The summed E-state index contributed by atoms with van der Waals surface area (Å²) in [7, 11) is 0. The first-order valence-electron chi connectivity index (χ1n) is 5.20. The maximum Gasteiger partial charge on any atom is 0.199 e. The molecule has 0 saturated heterocycles. The molecule has 0 unspecified atom stereocenters. The van der Waals surface area contributed by atoms with Crippen LogP contribution in [0.1, 0.15) is 31.3 Å². The summed E-state index contributed by atoms with van der Waals surface area (Å²) in [5.74, 6) is 1.24. The molecule has 0 aromatic carbocycles. The molecule has 0 amide bonds. The molecule has 16 heavy (non-hydrogen) atoms. The summed E-state index contributed by atoms with van der Waals surface area (Å²) in [4.78, 5) is 4.27. The largest absolute Gasteiger partial charge is 0.270 e. The Kier molecular flexibility index (Phi) is 2.87. The van der Waals surface area contributed by atoms with Crippen LogP contribution < -0.4 is 0 Å². The van der Waals surface area contributed by atoms with Gasteiger partial charge in [-0.3, -0.25) is 14.6 Å². The predicted octanol–water partition coefficient (Wildman–Crippen LogP) is 2.76. The zero-order chi connectivity index (χ0) is 11.7. The number of rotatable bonds is 2. The molecule has 2 rings (SSSR count). The second-order valence-electron chi connectivity index (χ2n) is 4.03. The van der Waals surface area contributed by atoms with Crippen LogP contribution in [0.25, 0.3) is 5.69 Å². The lowest BCUT2D eigenvalue weighted by Gasteiger charge is -2.08. The van der Waals surface area contributed by atoms with Gasteiger partial charge in [0.2, 0.25) is 0 Å². The van der Waals surface area contributed by atoms with Gasteiger partial charge < -0.3 is 0 Å². The monoisotopic (exact) mass is 234 g/mol. The van der Waals surface area contributed by atoms with Crippen LogP contribution in [0.2, 0.25) is 0 Å². The van der Waals surface area contributed by atoms with Gasteiger partial charge in [-0.2, -0.15) is 5.10 Å². The third kappa shape index (κ3) is 1.90. The van der Waals surface area contributed by atoms with Crippen LogP contribution in [-0.2, 0) is 0 Å². The average Bonchev–Trinajstić information content (AvgIpc) is 2.62. The Labute approximate surface area is 99.4 Å². The fourth-order valence-corrected chi connectivity index (χ4v) is 1.78. The molecule has 0 aliphatic carbocycles. The Hall–Kier alpha value is -1.49. The molecule has 84 valence electrons. The number of aryl methyl sites for hydroxylation is 1. The van der Waals surface area contributed by atoms with Crippen molar-refractivity contribution >= 4 is 12.2 Å². The first kappa shape index (κ1) is 11.0. The zero-order valence-corrected chi connectivity index (χ0v) is 10.4. The second-order valence-corrected chi connectivity index (χ2v) is 4.42. The maximum absolute atomic E-state index is 5.22. The lowest BCUT2D eigenvalue weighted by Crippen LogP contribution is -2.03. The van der Waals surface area contributed by atoms with Crippen molar-refractivity contribution in [2.24, 2.45) is 0 Å². The number of pyridine rings is 1. The molecule has 2 aromatic heterocycles. The number of nitrogens with one attached hydrogen (secondary N) is 1. The van der Waals surface area contributed by atoms with Gasteiger partial charge in [0, 0.05) is 11.6 Å². The van der Waals surface area contributed by atoms with Gasteiger partial charge in [-0.05, 0) is 31.3 Å². The van der Waals surface area contributed by atoms with E-state index in [9.17, 15) is 0 Å². The molecule has 1 N–H and O–H groups in total. The van der Waals surface area contributed by atoms with Gasteiger partial charge in [0.1, 0.15) is 5.82 Å². The highest BCUT2D eigenvalue weighted by molar-refractivity contribution is 7.71. The van der Waals surface area contributed by atoms with Crippen molar-refractivity contribution in [3.63, 3.8) is 0 Å². The van der Waals surface area contributed by atoms with E-state index >= 15 is 0 Å². The van der Waals surface area contributed by atoms with Crippen molar-refractivity contribution in [1.82, 2.24) is 19.7 Å². The standard InChI is InChI=1S/C11H14N4S/c1-7(2)10-13-14-11(16)15(10)9-5-4-8(3)12-6-9/h4-7H,1-3H3,(H,14,16). The van der Waals surface area contributed by atoms with E-state index in [4.69, 9.17) is 12.2 Å². The van der Waals surface area contributed by atoms with Crippen molar-refractivity contribution in [1.29, 1.82) is 0 Å². The van der Waals surface area contributed by atoms with Crippen LogP contribution >= 0.6 is 12.2 Å². The number of H-pyrrole nitrogens is 1. The van der Waals surface area contributed by atoms with Gasteiger partial charge in [0.05, 0.1) is 11.9 Å². The van der Waals surface area contributed by atoms with E-state index in [0.717, 1.165) is 17.2 Å². The molecule has 0 saturated carbocycles. The minimum absolute atomic E-state index is 0.314. The smallest absolute Gasteiger partial charge is 0.199 e. The highest BCUT2D eigenvalue weighted by Gasteiger charge is 2.11. The first-order valence-corrected chi connectivity index (χ1v) is 5.60. The molecule has 0 bridgehead atoms. The fraction of sp³-hybridized carbons (Fsp3) is 0.364. The summed E-state index contributed by atoms with van der Waals surface area (Å²) in [6.45, 7) is 6.13. The molecule has 4 nitrogen and oxygen atoms in total. The van der Waals surface area contributed by atoms with E-state index in [1.807, 2.05) is 29.8 Å². The van der Waals surface area contributed by atoms with E-state index in [1.165, 1.54) is 0 Å². The van der Waals surface area contributed by atoms with E-state index in [1.54, 1.807) is 0 Å². The number of aromatic nitrogens is 4. The number of nitrogens with zero attached hydrogens (tertiary/aromatic N) is 3. The Bertz CT molecular complexity index is 536. The van der Waals surface area contributed by atoms with E-state index in [2.05, 4.69) is 29.0 Å². The average molecular weight is 234 g/mol. The second kappa shape index (κ2) is 4.17. The molecule has 2 heterocycles. The van der Waals surface area contributed by atoms with Gasteiger partial charge in [0.25, 0.3) is 0 Å². The van der Waals surface area contributed by atoms with Gasteiger partial charge in [-0.25, -0.2) is 0 Å². The minimum atomic E-state index is 0.314. The Morgan fingerprint density at radius 2 is 2.12 bits per heavy atom. The SMILES string of the molecule is Cc1ccc(-n2c(C(C)C)n[nH]c2=S)cn1. The van der Waals surface area contributed by atoms with Gasteiger partial charge in [0.15, 0.2) is 4.77 Å². The summed E-state index contributed by atoms with van der Waals surface area (Å²) in [6, 6.07) is 3.97. The molecular formula is C11H14N4S. The van der Waals surface area contributed by atoms with Crippen molar-refractivity contribution in [3.05, 3.63) is 34.6 Å². The molecular weight excluding hydrogens is 220 g/mol. The Balaban J connectivity index is 2.59. The van der Waals surface area contributed by atoms with Crippen LogP contribution in [-0.4, -0.2) is 19.7 Å². The number of hydrogen-bond acceptors (Lipinski definition) is 3. The van der Waals surface area contributed by atoms with E-state index < -0.39 is 0 Å². The van der Waals surface area contributed by atoms with E-state index in [0.29, 0.717) is 10.7 Å². The molecule has 2 aromatic rings. The molecule has 0 aliphatic heterocycles. The zero-order valence-electron chi connectivity index (χ0n) is 9.56.